The maximum atomic E-state index is 5.56. The van der Waals surface area contributed by atoms with Gasteiger partial charge in [0, 0.05) is 11.1 Å². The van der Waals surface area contributed by atoms with Gasteiger partial charge in [-0.2, -0.15) is 14.9 Å². The molecule has 0 aliphatic carbocycles. The molecule has 0 bridgehead atoms. The molecule has 1 N–H and O–H groups in total. The van der Waals surface area contributed by atoms with Crippen molar-refractivity contribution in [3.05, 3.63) is 52.8 Å². The van der Waals surface area contributed by atoms with Crippen LogP contribution < -0.4 is 14.2 Å². The molecule has 1 heterocycles. The van der Waals surface area contributed by atoms with Gasteiger partial charge in [-0.15, -0.1) is 0 Å². The van der Waals surface area contributed by atoms with Crippen LogP contribution in [0.4, 0.5) is 0 Å². The van der Waals surface area contributed by atoms with E-state index in [0.717, 1.165) is 16.9 Å². The van der Waals surface area contributed by atoms with E-state index < -0.39 is 0 Å². The highest BCUT2D eigenvalue weighted by Crippen LogP contribution is 2.24. The molecule has 0 amide bonds. The highest BCUT2D eigenvalue weighted by molar-refractivity contribution is 7.71. The monoisotopic (exact) mass is 384 g/mol. The molecule has 0 spiro atoms. The fourth-order valence-corrected chi connectivity index (χ4v) is 2.72. The molecule has 0 saturated carbocycles. The van der Waals surface area contributed by atoms with E-state index >= 15 is 0 Å². The van der Waals surface area contributed by atoms with Gasteiger partial charge in [0.25, 0.3) is 0 Å². The normalized spacial score (nSPS) is 10.9. The molecule has 0 radical (unpaired) electrons. The Bertz CT molecular complexity index is 1010. The van der Waals surface area contributed by atoms with Crippen LogP contribution in [0.3, 0.4) is 0 Å². The second-order valence-electron chi connectivity index (χ2n) is 5.48. The molecule has 0 saturated heterocycles. The molecular formula is C19H20N4O3S. The smallest absolute Gasteiger partial charge is 0.216 e. The van der Waals surface area contributed by atoms with Crippen molar-refractivity contribution in [1.82, 2.24) is 14.9 Å². The zero-order valence-electron chi connectivity index (χ0n) is 15.3. The van der Waals surface area contributed by atoms with E-state index in [4.69, 9.17) is 26.4 Å². The Morgan fingerprint density at radius 1 is 1.15 bits per heavy atom. The highest BCUT2D eigenvalue weighted by Gasteiger charge is 2.10. The predicted molar refractivity (Wildman–Crippen MR) is 107 cm³/mol. The van der Waals surface area contributed by atoms with Gasteiger partial charge in [-0.1, -0.05) is 12.1 Å². The van der Waals surface area contributed by atoms with Crippen molar-refractivity contribution >= 4 is 18.4 Å². The fourth-order valence-electron chi connectivity index (χ4n) is 2.54. The minimum absolute atomic E-state index is 0.380. The molecule has 0 fully saturated rings. The van der Waals surface area contributed by atoms with Gasteiger partial charge in [0.15, 0.2) is 5.82 Å². The minimum atomic E-state index is 0.380. The van der Waals surface area contributed by atoms with E-state index in [2.05, 4.69) is 15.3 Å². The maximum Gasteiger partial charge on any atom is 0.216 e. The summed E-state index contributed by atoms with van der Waals surface area (Å²) in [4.78, 5) is 0. The molecule has 3 rings (SSSR count). The van der Waals surface area contributed by atoms with Crippen LogP contribution in [0.1, 0.15) is 12.5 Å². The quantitative estimate of drug-likeness (QED) is 0.494. The first-order valence-corrected chi connectivity index (χ1v) is 8.74. The van der Waals surface area contributed by atoms with Crippen LogP contribution >= 0.6 is 12.2 Å². The Balaban J connectivity index is 2.00. The molecule has 8 heteroatoms. The Kier molecular flexibility index (Phi) is 5.87. The minimum Gasteiger partial charge on any atom is -0.497 e. The summed E-state index contributed by atoms with van der Waals surface area (Å²) in [7, 11) is 3.21. The van der Waals surface area contributed by atoms with Crippen LogP contribution in [-0.2, 0) is 0 Å². The largest absolute Gasteiger partial charge is 0.497 e. The predicted octanol–water partition coefficient (Wildman–Crippen LogP) is 3.91. The SMILES string of the molecule is CCOc1cccc(-c2n[nH]c(=S)n2/N=C/c2cc(OC)ccc2OC)c1. The number of aromatic nitrogens is 3. The molecule has 0 aliphatic heterocycles. The number of hydrogen-bond acceptors (Lipinski definition) is 6. The van der Waals surface area contributed by atoms with Crippen molar-refractivity contribution in [3.8, 4) is 28.6 Å². The van der Waals surface area contributed by atoms with Gasteiger partial charge in [0.05, 0.1) is 27.0 Å². The Labute approximate surface area is 162 Å². The lowest BCUT2D eigenvalue weighted by atomic mass is 10.2. The van der Waals surface area contributed by atoms with Gasteiger partial charge >= 0.3 is 0 Å². The summed E-state index contributed by atoms with van der Waals surface area (Å²) in [5.74, 6) is 2.72. The first-order valence-electron chi connectivity index (χ1n) is 8.33. The number of nitrogens with zero attached hydrogens (tertiary/aromatic N) is 3. The van der Waals surface area contributed by atoms with Crippen LogP contribution in [0, 0.1) is 4.77 Å². The average molecular weight is 384 g/mol. The van der Waals surface area contributed by atoms with Crippen molar-refractivity contribution in [3.63, 3.8) is 0 Å². The lowest BCUT2D eigenvalue weighted by Crippen LogP contribution is -1.98. The molecule has 1 aromatic heterocycles. The van der Waals surface area contributed by atoms with Gasteiger partial charge < -0.3 is 14.2 Å². The first kappa shape index (κ1) is 18.7. The van der Waals surface area contributed by atoms with Crippen LogP contribution in [-0.4, -0.2) is 41.9 Å². The number of nitrogens with one attached hydrogen (secondary N) is 1. The van der Waals surface area contributed by atoms with Gasteiger partial charge in [-0.3, -0.25) is 0 Å². The number of H-pyrrole nitrogens is 1. The second-order valence-corrected chi connectivity index (χ2v) is 5.86. The van der Waals surface area contributed by atoms with Gasteiger partial charge in [0.2, 0.25) is 4.77 Å². The van der Waals surface area contributed by atoms with Crippen LogP contribution in [0.2, 0.25) is 0 Å². The zero-order chi connectivity index (χ0) is 19.2. The maximum absolute atomic E-state index is 5.56. The first-order chi connectivity index (χ1) is 13.2. The molecule has 140 valence electrons. The molecule has 0 aliphatic rings. The molecule has 0 unspecified atom stereocenters. The Hall–Kier alpha value is -3.13. The van der Waals surface area contributed by atoms with Crippen molar-refractivity contribution in [1.29, 1.82) is 0 Å². The number of rotatable bonds is 7. The van der Waals surface area contributed by atoms with E-state index in [9.17, 15) is 0 Å². The topological polar surface area (TPSA) is 73.7 Å². The summed E-state index contributed by atoms with van der Waals surface area (Å²) in [6.07, 6.45) is 1.66. The Morgan fingerprint density at radius 3 is 2.74 bits per heavy atom. The fraction of sp³-hybridized carbons (Fsp3) is 0.211. The van der Waals surface area contributed by atoms with E-state index in [0.29, 0.717) is 28.7 Å². The van der Waals surface area contributed by atoms with Gasteiger partial charge in [-0.05, 0) is 49.5 Å². The van der Waals surface area contributed by atoms with E-state index in [1.807, 2.05) is 49.4 Å². The summed E-state index contributed by atoms with van der Waals surface area (Å²) in [5, 5.41) is 11.6. The molecule has 3 aromatic rings. The van der Waals surface area contributed by atoms with E-state index in [-0.39, 0.29) is 0 Å². The van der Waals surface area contributed by atoms with Crippen LogP contribution in [0.5, 0.6) is 17.2 Å². The molecular weight excluding hydrogens is 364 g/mol. The van der Waals surface area contributed by atoms with Gasteiger partial charge in [0.1, 0.15) is 17.2 Å². The summed E-state index contributed by atoms with van der Waals surface area (Å²) in [5.41, 5.74) is 1.59. The summed E-state index contributed by atoms with van der Waals surface area (Å²) in [6.45, 7) is 2.53. The van der Waals surface area contributed by atoms with E-state index in [1.54, 1.807) is 25.1 Å². The van der Waals surface area contributed by atoms with Crippen molar-refractivity contribution in [2.45, 2.75) is 6.92 Å². The van der Waals surface area contributed by atoms with Gasteiger partial charge in [-0.25, -0.2) is 5.10 Å². The number of aromatic amines is 1. The lowest BCUT2D eigenvalue weighted by Gasteiger charge is -2.07. The van der Waals surface area contributed by atoms with Crippen LogP contribution in [0.25, 0.3) is 11.4 Å². The molecule has 2 aromatic carbocycles. The number of hydrogen-bond donors (Lipinski definition) is 1. The third-order valence-corrected chi connectivity index (χ3v) is 4.07. The zero-order valence-corrected chi connectivity index (χ0v) is 16.1. The van der Waals surface area contributed by atoms with Crippen LogP contribution in [0.15, 0.2) is 47.6 Å². The standard InChI is InChI=1S/C19H20N4O3S/c1-4-26-16-7-5-6-13(10-16)18-21-22-19(27)23(18)20-12-14-11-15(24-2)8-9-17(14)25-3/h5-12H,4H2,1-3H3,(H,22,27)/b20-12+. The number of benzene rings is 2. The van der Waals surface area contributed by atoms with E-state index in [1.165, 1.54) is 0 Å². The van der Waals surface area contributed by atoms with Crippen molar-refractivity contribution < 1.29 is 14.2 Å². The number of ether oxygens (including phenoxy) is 3. The summed E-state index contributed by atoms with van der Waals surface area (Å²) >= 11 is 5.33. The summed E-state index contributed by atoms with van der Waals surface area (Å²) in [6, 6.07) is 13.1. The second kappa shape index (κ2) is 8.50. The molecule has 27 heavy (non-hydrogen) atoms. The number of methoxy groups -OCH3 is 2. The lowest BCUT2D eigenvalue weighted by molar-refractivity contribution is 0.340. The Morgan fingerprint density at radius 2 is 2.00 bits per heavy atom. The average Bonchev–Trinajstić information content (AvgIpc) is 3.07. The molecule has 7 nitrogen and oxygen atoms in total. The third kappa shape index (κ3) is 4.17. The highest BCUT2D eigenvalue weighted by atomic mass is 32.1. The molecule has 0 atom stereocenters. The third-order valence-electron chi connectivity index (χ3n) is 3.80. The summed E-state index contributed by atoms with van der Waals surface area (Å²) < 4.78 is 18.1. The van der Waals surface area contributed by atoms with Crippen molar-refractivity contribution in [2.24, 2.45) is 5.10 Å². The van der Waals surface area contributed by atoms with Crippen molar-refractivity contribution in [2.75, 3.05) is 20.8 Å².